The van der Waals surface area contributed by atoms with Crippen molar-refractivity contribution in [2.75, 3.05) is 12.9 Å². The molecule has 0 N–H and O–H groups in total. The van der Waals surface area contributed by atoms with Crippen LogP contribution in [0, 0.1) is 17.8 Å². The number of rotatable bonds is 6. The lowest BCUT2D eigenvalue weighted by Gasteiger charge is -2.26. The van der Waals surface area contributed by atoms with Gasteiger partial charge in [0.2, 0.25) is 0 Å². The molecule has 1 aromatic rings. The van der Waals surface area contributed by atoms with E-state index < -0.39 is 21.5 Å². The maximum absolute atomic E-state index is 12.3. The van der Waals surface area contributed by atoms with Crippen molar-refractivity contribution in [3.05, 3.63) is 29.6 Å². The Hall–Kier alpha value is -2.20. The Kier molecular flexibility index (Phi) is 5.95. The first-order valence-corrected chi connectivity index (χ1v) is 10.7. The van der Waals surface area contributed by atoms with Gasteiger partial charge in [-0.05, 0) is 38.8 Å². The summed E-state index contributed by atoms with van der Waals surface area (Å²) in [6, 6.07) is 3.81. The fourth-order valence-electron chi connectivity index (χ4n) is 2.78. The van der Waals surface area contributed by atoms with Gasteiger partial charge in [0.1, 0.15) is 16.6 Å². The van der Waals surface area contributed by atoms with Crippen LogP contribution in [0.2, 0.25) is 0 Å². The lowest BCUT2D eigenvalue weighted by Crippen LogP contribution is -2.44. The Bertz CT molecular complexity index is 821. The molecular weight excluding hydrogens is 364 g/mol. The molecule has 2 heterocycles. The van der Waals surface area contributed by atoms with Crippen LogP contribution in [-0.4, -0.2) is 44.6 Å². The lowest BCUT2D eigenvalue weighted by molar-refractivity contribution is -0.146. The Morgan fingerprint density at radius 2 is 2.22 bits per heavy atom. The van der Waals surface area contributed by atoms with E-state index in [-0.39, 0.29) is 19.1 Å². The molecule has 2 aliphatic rings. The standard InChI is InChI=1S/C20H24N2O4S/c1-4-25-19(23)20(2,27(3)24)12-16-11-18(22-26-16)17-10-9-15(13-21-17)8-7-14-5-6-14/h9-10,13-14,16H,4-6,11-12H2,1-3H3. The quantitative estimate of drug-likeness (QED) is 0.552. The molecule has 1 fully saturated rings. The largest absolute Gasteiger partial charge is 0.465 e. The van der Waals surface area contributed by atoms with Crippen molar-refractivity contribution in [2.45, 2.75) is 50.4 Å². The molecule has 3 unspecified atom stereocenters. The van der Waals surface area contributed by atoms with Crippen molar-refractivity contribution in [1.82, 2.24) is 4.98 Å². The number of ether oxygens (including phenoxy) is 1. The van der Waals surface area contributed by atoms with Crippen LogP contribution in [-0.2, 0) is 25.2 Å². The fraction of sp³-hybridized carbons (Fsp3) is 0.550. The first-order chi connectivity index (χ1) is 12.9. The number of pyridine rings is 1. The third-order valence-corrected chi connectivity index (χ3v) is 6.35. The number of hydrogen-bond acceptors (Lipinski definition) is 6. The summed E-state index contributed by atoms with van der Waals surface area (Å²) in [5.41, 5.74) is 2.33. The number of hydrogen-bond donors (Lipinski definition) is 0. The molecule has 3 rings (SSSR count). The second kappa shape index (κ2) is 8.22. The second-order valence-corrected chi connectivity index (χ2v) is 8.86. The number of carbonyl (C=O) groups excluding carboxylic acids is 1. The van der Waals surface area contributed by atoms with Crippen LogP contribution in [0.15, 0.2) is 23.5 Å². The molecule has 0 radical (unpaired) electrons. The van der Waals surface area contributed by atoms with E-state index in [0.717, 1.165) is 17.0 Å². The average molecular weight is 388 g/mol. The third kappa shape index (κ3) is 4.75. The molecule has 6 nitrogen and oxygen atoms in total. The van der Waals surface area contributed by atoms with Gasteiger partial charge in [-0.15, -0.1) is 0 Å². The smallest absolute Gasteiger partial charge is 0.324 e. The zero-order chi connectivity index (χ0) is 19.4. The maximum Gasteiger partial charge on any atom is 0.324 e. The zero-order valence-electron chi connectivity index (χ0n) is 15.9. The van der Waals surface area contributed by atoms with E-state index in [1.165, 1.54) is 19.1 Å². The highest BCUT2D eigenvalue weighted by Gasteiger charge is 2.43. The molecule has 0 amide bonds. The Morgan fingerprint density at radius 3 is 2.81 bits per heavy atom. The molecule has 1 aliphatic carbocycles. The SMILES string of the molecule is CCOC(=O)C(C)(CC1CC(c2ccc(C#CC3CC3)cn2)=NO1)S(C)=O. The summed E-state index contributed by atoms with van der Waals surface area (Å²) in [5.74, 6) is 6.42. The predicted molar refractivity (Wildman–Crippen MR) is 104 cm³/mol. The lowest BCUT2D eigenvalue weighted by atomic mass is 9.98. The normalized spacial score (nSPS) is 21.9. The van der Waals surface area contributed by atoms with Crippen LogP contribution >= 0.6 is 0 Å². The summed E-state index contributed by atoms with van der Waals surface area (Å²) in [7, 11) is -1.39. The van der Waals surface area contributed by atoms with Crippen molar-refractivity contribution in [2.24, 2.45) is 11.1 Å². The molecular formula is C20H24N2O4S. The molecule has 0 bridgehead atoms. The summed E-state index contributed by atoms with van der Waals surface area (Å²) in [4.78, 5) is 22.2. The van der Waals surface area contributed by atoms with Gasteiger partial charge in [-0.1, -0.05) is 17.0 Å². The van der Waals surface area contributed by atoms with Gasteiger partial charge in [-0.25, -0.2) is 0 Å². The van der Waals surface area contributed by atoms with Crippen LogP contribution in [0.3, 0.4) is 0 Å². The molecule has 1 aliphatic heterocycles. The molecule has 0 aromatic carbocycles. The van der Waals surface area contributed by atoms with Gasteiger partial charge in [0.05, 0.1) is 12.3 Å². The minimum Gasteiger partial charge on any atom is -0.465 e. The van der Waals surface area contributed by atoms with Crippen molar-refractivity contribution in [3.8, 4) is 11.8 Å². The van der Waals surface area contributed by atoms with Gasteiger partial charge in [0, 0.05) is 47.6 Å². The van der Waals surface area contributed by atoms with E-state index in [2.05, 4.69) is 22.0 Å². The van der Waals surface area contributed by atoms with Crippen molar-refractivity contribution in [1.29, 1.82) is 0 Å². The van der Waals surface area contributed by atoms with Crippen molar-refractivity contribution < 1.29 is 18.6 Å². The fourth-order valence-corrected chi connectivity index (χ4v) is 3.49. The minimum atomic E-state index is -1.39. The number of nitrogens with zero attached hydrogens (tertiary/aromatic N) is 2. The van der Waals surface area contributed by atoms with Crippen LogP contribution in [0.4, 0.5) is 0 Å². The zero-order valence-corrected chi connectivity index (χ0v) is 16.7. The summed E-state index contributed by atoms with van der Waals surface area (Å²) < 4.78 is 16.1. The van der Waals surface area contributed by atoms with E-state index in [4.69, 9.17) is 9.57 Å². The number of esters is 1. The maximum atomic E-state index is 12.3. The van der Waals surface area contributed by atoms with Crippen LogP contribution < -0.4 is 0 Å². The molecule has 0 spiro atoms. The van der Waals surface area contributed by atoms with E-state index in [1.54, 1.807) is 20.0 Å². The van der Waals surface area contributed by atoms with Crippen molar-refractivity contribution >= 4 is 22.5 Å². The minimum absolute atomic E-state index is 0.249. The highest BCUT2D eigenvalue weighted by molar-refractivity contribution is 7.86. The Labute approximate surface area is 162 Å². The Balaban J connectivity index is 1.62. The summed E-state index contributed by atoms with van der Waals surface area (Å²) >= 11 is 0. The molecule has 1 saturated carbocycles. The van der Waals surface area contributed by atoms with Gasteiger partial charge in [0.25, 0.3) is 0 Å². The van der Waals surface area contributed by atoms with Gasteiger partial charge >= 0.3 is 5.97 Å². The topological polar surface area (TPSA) is 77.8 Å². The van der Waals surface area contributed by atoms with Gasteiger partial charge in [-0.2, -0.15) is 0 Å². The van der Waals surface area contributed by atoms with Gasteiger partial charge < -0.3 is 9.57 Å². The Morgan fingerprint density at radius 1 is 1.44 bits per heavy atom. The highest BCUT2D eigenvalue weighted by Crippen LogP contribution is 2.29. The summed E-state index contributed by atoms with van der Waals surface area (Å²) in [6.45, 7) is 3.63. The number of aromatic nitrogens is 1. The average Bonchev–Trinajstić information content (AvgIpc) is 3.37. The van der Waals surface area contributed by atoms with Gasteiger partial charge in [0.15, 0.2) is 0 Å². The molecule has 0 saturated heterocycles. The second-order valence-electron chi connectivity index (χ2n) is 7.05. The summed E-state index contributed by atoms with van der Waals surface area (Å²) in [6.07, 6.45) is 6.08. The molecule has 3 atom stereocenters. The first-order valence-electron chi connectivity index (χ1n) is 9.13. The predicted octanol–water partition coefficient (Wildman–Crippen LogP) is 2.43. The number of carbonyl (C=O) groups is 1. The van der Waals surface area contributed by atoms with Crippen molar-refractivity contribution in [3.63, 3.8) is 0 Å². The highest BCUT2D eigenvalue weighted by atomic mass is 32.2. The van der Waals surface area contributed by atoms with Crippen LogP contribution in [0.5, 0.6) is 0 Å². The van der Waals surface area contributed by atoms with E-state index in [0.29, 0.717) is 12.3 Å². The van der Waals surface area contributed by atoms with Crippen LogP contribution in [0.1, 0.15) is 50.8 Å². The van der Waals surface area contributed by atoms with Crippen LogP contribution in [0.25, 0.3) is 0 Å². The van der Waals surface area contributed by atoms with E-state index in [1.807, 2.05) is 12.1 Å². The monoisotopic (exact) mass is 388 g/mol. The van der Waals surface area contributed by atoms with E-state index >= 15 is 0 Å². The molecule has 7 heteroatoms. The molecule has 1 aromatic heterocycles. The molecule has 27 heavy (non-hydrogen) atoms. The van der Waals surface area contributed by atoms with E-state index in [9.17, 15) is 9.00 Å². The molecule has 144 valence electrons. The first kappa shape index (κ1) is 19.6. The number of oxime groups is 1. The summed E-state index contributed by atoms with van der Waals surface area (Å²) in [5, 5.41) is 4.12. The third-order valence-electron chi connectivity index (χ3n) is 4.75. The van der Waals surface area contributed by atoms with Gasteiger partial charge in [-0.3, -0.25) is 14.0 Å².